The van der Waals surface area contributed by atoms with E-state index in [9.17, 15) is 24.9 Å². The number of ether oxygens (including phenoxy) is 1. The number of ketones is 2. The first-order valence-electron chi connectivity index (χ1n) is 7.99. The number of hydrogen-bond donors (Lipinski definition) is 3. The van der Waals surface area contributed by atoms with Crippen molar-refractivity contribution in [3.05, 3.63) is 16.7 Å². The summed E-state index contributed by atoms with van der Waals surface area (Å²) in [6, 6.07) is 0. The lowest BCUT2D eigenvalue weighted by atomic mass is 9.90. The SMILES string of the molecule is CC(=O)c1c(O)c(C(=O)CC(C)C)c(O)c2c1O[C@H](C(C)(C)O)C2. The van der Waals surface area contributed by atoms with E-state index in [1.807, 2.05) is 13.8 Å². The minimum Gasteiger partial charge on any atom is -0.507 e. The maximum absolute atomic E-state index is 12.4. The van der Waals surface area contributed by atoms with Crippen molar-refractivity contribution in [3.8, 4) is 17.2 Å². The standard InChI is InChI=1S/C18H24O6/c1-8(2)6-11(20)14-15(21)10-7-12(18(4,5)23)24-17(10)13(9(3)19)16(14)22/h8,12,21-23H,6-7H2,1-5H3/t12-/m0/s1. The fourth-order valence-electron chi connectivity index (χ4n) is 2.90. The highest BCUT2D eigenvalue weighted by Crippen LogP contribution is 2.48. The number of carbonyl (C=O) groups excluding carboxylic acids is 2. The van der Waals surface area contributed by atoms with Crippen LogP contribution in [0, 0.1) is 5.92 Å². The lowest BCUT2D eigenvalue weighted by Crippen LogP contribution is -2.39. The lowest BCUT2D eigenvalue weighted by molar-refractivity contribution is -0.0232. The second-order valence-electron chi connectivity index (χ2n) is 7.30. The first kappa shape index (κ1) is 18.3. The van der Waals surface area contributed by atoms with Gasteiger partial charge in [0.1, 0.15) is 34.5 Å². The van der Waals surface area contributed by atoms with Gasteiger partial charge in [-0.25, -0.2) is 0 Å². The quantitative estimate of drug-likeness (QED) is 0.714. The molecule has 6 nitrogen and oxygen atoms in total. The Labute approximate surface area is 141 Å². The summed E-state index contributed by atoms with van der Waals surface area (Å²) in [5.41, 5.74) is -1.30. The molecule has 0 radical (unpaired) electrons. The largest absolute Gasteiger partial charge is 0.507 e. The van der Waals surface area contributed by atoms with Crippen molar-refractivity contribution in [2.75, 3.05) is 0 Å². The summed E-state index contributed by atoms with van der Waals surface area (Å²) < 4.78 is 5.64. The zero-order valence-electron chi connectivity index (χ0n) is 14.6. The van der Waals surface area contributed by atoms with Crippen LogP contribution in [0.4, 0.5) is 0 Å². The Morgan fingerprint density at radius 1 is 1.21 bits per heavy atom. The molecule has 0 saturated heterocycles. The van der Waals surface area contributed by atoms with Gasteiger partial charge in [-0.15, -0.1) is 0 Å². The van der Waals surface area contributed by atoms with E-state index >= 15 is 0 Å². The molecule has 1 aromatic rings. The number of aromatic hydroxyl groups is 2. The Kier molecular flexibility index (Phi) is 4.63. The van der Waals surface area contributed by atoms with E-state index in [0.29, 0.717) is 0 Å². The molecule has 1 atom stereocenters. The Hall–Kier alpha value is -2.08. The fraction of sp³-hybridized carbons (Fsp3) is 0.556. The maximum Gasteiger partial charge on any atom is 0.170 e. The zero-order chi connectivity index (χ0) is 18.4. The summed E-state index contributed by atoms with van der Waals surface area (Å²) in [6.07, 6.45) is -0.411. The molecule has 1 aliphatic rings. The Morgan fingerprint density at radius 2 is 1.79 bits per heavy atom. The van der Waals surface area contributed by atoms with Crippen LogP contribution in [0.1, 0.15) is 67.3 Å². The van der Waals surface area contributed by atoms with Gasteiger partial charge in [-0.1, -0.05) is 13.8 Å². The number of phenols is 2. The maximum atomic E-state index is 12.4. The number of benzene rings is 1. The number of rotatable bonds is 5. The molecule has 6 heteroatoms. The minimum atomic E-state index is -1.21. The highest BCUT2D eigenvalue weighted by atomic mass is 16.5. The van der Waals surface area contributed by atoms with Crippen LogP contribution in [0.15, 0.2) is 0 Å². The van der Waals surface area contributed by atoms with Gasteiger partial charge in [-0.2, -0.15) is 0 Å². The van der Waals surface area contributed by atoms with Gasteiger partial charge in [0.2, 0.25) is 0 Å². The van der Waals surface area contributed by atoms with Crippen molar-refractivity contribution in [1.82, 2.24) is 0 Å². The number of phenolic OH excluding ortho intramolecular Hbond substituents is 2. The van der Waals surface area contributed by atoms with Crippen molar-refractivity contribution in [2.24, 2.45) is 5.92 Å². The summed E-state index contributed by atoms with van der Waals surface area (Å²) in [4.78, 5) is 24.4. The van der Waals surface area contributed by atoms with Gasteiger partial charge < -0.3 is 20.1 Å². The molecule has 2 rings (SSSR count). The highest BCUT2D eigenvalue weighted by Gasteiger charge is 2.41. The predicted molar refractivity (Wildman–Crippen MR) is 88.0 cm³/mol. The van der Waals surface area contributed by atoms with Crippen LogP contribution >= 0.6 is 0 Å². The van der Waals surface area contributed by atoms with E-state index in [4.69, 9.17) is 4.74 Å². The molecule has 0 fully saturated rings. The van der Waals surface area contributed by atoms with E-state index in [1.54, 1.807) is 13.8 Å². The molecule has 0 aromatic heterocycles. The molecule has 3 N–H and O–H groups in total. The Bertz CT molecular complexity index is 697. The molecule has 0 saturated carbocycles. The lowest BCUT2D eigenvalue weighted by Gasteiger charge is -2.24. The smallest absolute Gasteiger partial charge is 0.170 e. The van der Waals surface area contributed by atoms with Crippen molar-refractivity contribution in [3.63, 3.8) is 0 Å². The second kappa shape index (κ2) is 6.09. The molecule has 132 valence electrons. The van der Waals surface area contributed by atoms with Crippen LogP contribution in [0.2, 0.25) is 0 Å². The third kappa shape index (κ3) is 3.11. The number of carbonyl (C=O) groups is 2. The van der Waals surface area contributed by atoms with Crippen LogP contribution < -0.4 is 4.74 Å². The normalized spacial score (nSPS) is 16.9. The molecule has 1 heterocycles. The van der Waals surface area contributed by atoms with Gasteiger partial charge in [0.25, 0.3) is 0 Å². The van der Waals surface area contributed by atoms with Crippen LogP contribution in [-0.2, 0) is 6.42 Å². The molecule has 24 heavy (non-hydrogen) atoms. The molecule has 0 bridgehead atoms. The predicted octanol–water partition coefficient (Wildman–Crippen LogP) is 2.60. The Morgan fingerprint density at radius 3 is 2.25 bits per heavy atom. The van der Waals surface area contributed by atoms with Gasteiger partial charge in [0.15, 0.2) is 11.6 Å². The van der Waals surface area contributed by atoms with E-state index in [2.05, 4.69) is 0 Å². The van der Waals surface area contributed by atoms with Gasteiger partial charge >= 0.3 is 0 Å². The number of Topliss-reactive ketones (excluding diaryl/α,β-unsaturated/α-hetero) is 2. The molecule has 0 amide bonds. The Balaban J connectivity index is 2.66. The average molecular weight is 336 g/mol. The summed E-state index contributed by atoms with van der Waals surface area (Å²) >= 11 is 0. The zero-order valence-corrected chi connectivity index (χ0v) is 14.6. The van der Waals surface area contributed by atoms with Crippen LogP contribution in [-0.4, -0.2) is 38.6 Å². The second-order valence-corrected chi connectivity index (χ2v) is 7.30. The first-order chi connectivity index (χ1) is 10.9. The summed E-state index contributed by atoms with van der Waals surface area (Å²) in [6.45, 7) is 8.05. The van der Waals surface area contributed by atoms with Gasteiger partial charge in [-0.05, 0) is 26.7 Å². The van der Waals surface area contributed by atoms with Crippen LogP contribution in [0.3, 0.4) is 0 Å². The summed E-state index contributed by atoms with van der Waals surface area (Å²) in [5, 5.41) is 31.1. The molecule has 0 spiro atoms. The summed E-state index contributed by atoms with van der Waals surface area (Å²) in [5.74, 6) is -1.75. The first-order valence-corrected chi connectivity index (χ1v) is 7.99. The van der Waals surface area contributed by atoms with Crippen molar-refractivity contribution < 1.29 is 29.6 Å². The van der Waals surface area contributed by atoms with E-state index in [-0.39, 0.29) is 46.9 Å². The summed E-state index contributed by atoms with van der Waals surface area (Å²) in [7, 11) is 0. The van der Waals surface area contributed by atoms with Gasteiger partial charge in [-0.3, -0.25) is 9.59 Å². The minimum absolute atomic E-state index is 0.0331. The molecule has 1 aromatic carbocycles. The number of fused-ring (bicyclic) bond motifs is 1. The van der Waals surface area contributed by atoms with Gasteiger partial charge in [0.05, 0.1) is 5.60 Å². The molecular formula is C18H24O6. The third-order valence-corrected chi connectivity index (χ3v) is 4.16. The van der Waals surface area contributed by atoms with Gasteiger partial charge in [0, 0.05) is 18.4 Å². The topological polar surface area (TPSA) is 104 Å². The number of aliphatic hydroxyl groups is 1. The average Bonchev–Trinajstić information content (AvgIpc) is 2.82. The van der Waals surface area contributed by atoms with Crippen LogP contribution in [0.25, 0.3) is 0 Å². The number of hydrogen-bond acceptors (Lipinski definition) is 6. The van der Waals surface area contributed by atoms with Crippen molar-refractivity contribution in [1.29, 1.82) is 0 Å². The fourth-order valence-corrected chi connectivity index (χ4v) is 2.90. The molecular weight excluding hydrogens is 312 g/mol. The van der Waals surface area contributed by atoms with Crippen LogP contribution in [0.5, 0.6) is 17.2 Å². The molecule has 0 unspecified atom stereocenters. The van der Waals surface area contributed by atoms with E-state index < -0.39 is 29.0 Å². The highest BCUT2D eigenvalue weighted by molar-refractivity contribution is 6.09. The van der Waals surface area contributed by atoms with Crippen molar-refractivity contribution in [2.45, 2.75) is 59.2 Å². The van der Waals surface area contributed by atoms with E-state index in [0.717, 1.165) is 0 Å². The molecule has 1 aliphatic heterocycles. The third-order valence-electron chi connectivity index (χ3n) is 4.16. The van der Waals surface area contributed by atoms with Crippen molar-refractivity contribution >= 4 is 11.6 Å². The van der Waals surface area contributed by atoms with E-state index in [1.165, 1.54) is 6.92 Å². The monoisotopic (exact) mass is 336 g/mol. The molecule has 0 aliphatic carbocycles.